The van der Waals surface area contributed by atoms with Crippen LogP contribution in [-0.2, 0) is 16.0 Å². The molecule has 3 rings (SSSR count). The zero-order valence-electron chi connectivity index (χ0n) is 14.0. The van der Waals surface area contributed by atoms with E-state index in [9.17, 15) is 24.3 Å². The van der Waals surface area contributed by atoms with Gasteiger partial charge in [0.05, 0.1) is 18.5 Å². The van der Waals surface area contributed by atoms with Crippen LogP contribution in [0.25, 0.3) is 0 Å². The van der Waals surface area contributed by atoms with E-state index in [-0.39, 0.29) is 24.7 Å². The van der Waals surface area contributed by atoms with Crippen LogP contribution in [0.5, 0.6) is 0 Å². The Morgan fingerprint density at radius 3 is 2.64 bits per heavy atom. The van der Waals surface area contributed by atoms with Gasteiger partial charge >= 0.3 is 5.97 Å². The second-order valence-electron chi connectivity index (χ2n) is 7.09. The van der Waals surface area contributed by atoms with E-state index in [1.807, 2.05) is 6.92 Å². The number of carboxylic acids is 1. The van der Waals surface area contributed by atoms with E-state index in [0.29, 0.717) is 18.4 Å². The van der Waals surface area contributed by atoms with Gasteiger partial charge in [-0.2, -0.15) is 5.26 Å². The minimum atomic E-state index is -1.47. The van der Waals surface area contributed by atoms with Crippen molar-refractivity contribution >= 4 is 11.8 Å². The molecule has 2 saturated carbocycles. The molecule has 2 fully saturated rings. The third kappa shape index (κ3) is 2.09. The Labute approximate surface area is 145 Å². The van der Waals surface area contributed by atoms with Crippen LogP contribution < -0.4 is 5.73 Å². The summed E-state index contributed by atoms with van der Waals surface area (Å²) >= 11 is 0. The van der Waals surface area contributed by atoms with Crippen molar-refractivity contribution < 1.29 is 19.1 Å². The molecule has 5 atom stereocenters. The number of carbonyl (C=O) groups is 2. The summed E-state index contributed by atoms with van der Waals surface area (Å²) in [5.74, 6) is -3.14. The fourth-order valence-corrected chi connectivity index (χ4v) is 5.49. The number of nitriles is 1. The summed E-state index contributed by atoms with van der Waals surface area (Å²) in [7, 11) is 0. The van der Waals surface area contributed by atoms with Crippen LogP contribution in [0, 0.1) is 45.7 Å². The summed E-state index contributed by atoms with van der Waals surface area (Å²) in [6.45, 7) is 1.50. The zero-order chi connectivity index (χ0) is 18.4. The van der Waals surface area contributed by atoms with Crippen molar-refractivity contribution in [1.29, 1.82) is 5.26 Å². The fraction of sp³-hybridized carbons (Fsp3) is 0.526. The maximum Gasteiger partial charge on any atom is 0.307 e. The van der Waals surface area contributed by atoms with Gasteiger partial charge in [-0.3, -0.25) is 9.59 Å². The second-order valence-corrected chi connectivity index (χ2v) is 7.09. The molecule has 1 aromatic rings. The smallest absolute Gasteiger partial charge is 0.307 e. The van der Waals surface area contributed by atoms with E-state index in [1.54, 1.807) is 18.2 Å². The predicted octanol–water partition coefficient (Wildman–Crippen LogP) is 2.15. The first-order chi connectivity index (χ1) is 11.9. The Balaban J connectivity index is 2.07. The molecular formula is C19H21FN2O3. The highest BCUT2D eigenvalue weighted by atomic mass is 19.1. The van der Waals surface area contributed by atoms with Gasteiger partial charge in [-0.25, -0.2) is 4.39 Å². The summed E-state index contributed by atoms with van der Waals surface area (Å²) in [5, 5.41) is 19.6. The van der Waals surface area contributed by atoms with Crippen molar-refractivity contribution in [3.63, 3.8) is 0 Å². The first kappa shape index (κ1) is 17.6. The number of ketones is 1. The molecule has 0 spiro atoms. The van der Waals surface area contributed by atoms with Gasteiger partial charge in [0.15, 0.2) is 5.78 Å². The van der Waals surface area contributed by atoms with Crippen LogP contribution in [0.15, 0.2) is 24.3 Å². The number of hydrogen-bond acceptors (Lipinski definition) is 4. The van der Waals surface area contributed by atoms with Crippen molar-refractivity contribution in [3.8, 4) is 6.07 Å². The van der Waals surface area contributed by atoms with E-state index < -0.39 is 34.4 Å². The number of hydrogen-bond donors (Lipinski definition) is 2. The number of Topliss-reactive ketones (excluding diaryl/α,β-unsaturated/α-hetero) is 1. The number of nitrogens with zero attached hydrogens (tertiary/aromatic N) is 1. The molecule has 3 N–H and O–H groups in total. The van der Waals surface area contributed by atoms with Crippen molar-refractivity contribution in [2.24, 2.45) is 34.3 Å². The number of benzene rings is 1. The summed E-state index contributed by atoms with van der Waals surface area (Å²) in [5.41, 5.74) is 3.68. The molecular weight excluding hydrogens is 323 g/mol. The van der Waals surface area contributed by atoms with Crippen LogP contribution >= 0.6 is 0 Å². The van der Waals surface area contributed by atoms with Crippen molar-refractivity contribution in [1.82, 2.24) is 0 Å². The Morgan fingerprint density at radius 1 is 1.44 bits per heavy atom. The van der Waals surface area contributed by atoms with Crippen molar-refractivity contribution in [2.45, 2.75) is 26.2 Å². The van der Waals surface area contributed by atoms with Crippen LogP contribution in [0.1, 0.15) is 25.3 Å². The summed E-state index contributed by atoms with van der Waals surface area (Å²) in [6.07, 6.45) is 1.08. The monoisotopic (exact) mass is 344 g/mol. The molecule has 0 aliphatic heterocycles. The molecule has 0 bridgehead atoms. The lowest BCUT2D eigenvalue weighted by Crippen LogP contribution is -2.48. The molecule has 6 heteroatoms. The molecule has 25 heavy (non-hydrogen) atoms. The molecule has 132 valence electrons. The molecule has 0 aromatic heterocycles. The molecule has 0 heterocycles. The highest BCUT2D eigenvalue weighted by molar-refractivity contribution is 5.94. The average Bonchev–Trinajstić information content (AvgIpc) is 3.18. The van der Waals surface area contributed by atoms with Crippen LogP contribution in [0.2, 0.25) is 0 Å². The third-order valence-corrected chi connectivity index (χ3v) is 6.47. The number of halogens is 1. The Morgan fingerprint density at radius 2 is 2.12 bits per heavy atom. The SMILES string of the molecule is CCC12C(CC(Cc3ccccc3F)C1(C#N)C(=O)CN)C2C(=O)O. The minimum Gasteiger partial charge on any atom is -0.481 e. The lowest BCUT2D eigenvalue weighted by molar-refractivity contribution is -0.142. The third-order valence-electron chi connectivity index (χ3n) is 6.47. The molecule has 0 amide bonds. The van der Waals surface area contributed by atoms with Gasteiger partial charge in [0, 0.05) is 5.41 Å². The first-order valence-electron chi connectivity index (χ1n) is 8.51. The number of carbonyl (C=O) groups excluding carboxylic acids is 1. The van der Waals surface area contributed by atoms with Crippen LogP contribution in [-0.4, -0.2) is 23.4 Å². The molecule has 5 unspecified atom stereocenters. The summed E-state index contributed by atoms with van der Waals surface area (Å²) in [6, 6.07) is 8.45. The summed E-state index contributed by atoms with van der Waals surface area (Å²) in [4.78, 5) is 24.4. The topological polar surface area (TPSA) is 104 Å². The van der Waals surface area contributed by atoms with Gasteiger partial charge in [-0.1, -0.05) is 25.1 Å². The van der Waals surface area contributed by atoms with Crippen molar-refractivity contribution in [3.05, 3.63) is 35.6 Å². The molecule has 0 saturated heterocycles. The Kier molecular flexibility index (Phi) is 4.16. The van der Waals surface area contributed by atoms with Crippen LogP contribution in [0.4, 0.5) is 4.39 Å². The van der Waals surface area contributed by atoms with E-state index >= 15 is 0 Å². The predicted molar refractivity (Wildman–Crippen MR) is 87.7 cm³/mol. The molecule has 2 aliphatic rings. The lowest BCUT2D eigenvalue weighted by atomic mass is 9.61. The number of nitrogens with two attached hydrogens (primary N) is 1. The largest absolute Gasteiger partial charge is 0.481 e. The van der Waals surface area contributed by atoms with Gasteiger partial charge in [0.2, 0.25) is 0 Å². The highest BCUT2D eigenvalue weighted by Gasteiger charge is 2.83. The number of carboxylic acid groups (broad SMARTS) is 1. The minimum absolute atomic E-state index is 0.233. The van der Waals surface area contributed by atoms with E-state index in [0.717, 1.165) is 0 Å². The maximum absolute atomic E-state index is 14.1. The maximum atomic E-state index is 14.1. The quantitative estimate of drug-likeness (QED) is 0.823. The van der Waals surface area contributed by atoms with Gasteiger partial charge in [0.25, 0.3) is 0 Å². The molecule has 5 nitrogen and oxygen atoms in total. The second kappa shape index (κ2) is 5.92. The van der Waals surface area contributed by atoms with E-state index in [2.05, 4.69) is 6.07 Å². The van der Waals surface area contributed by atoms with Crippen molar-refractivity contribution in [2.75, 3.05) is 6.54 Å². The standard InChI is InChI=1S/C19H21FN2O3/c1-2-18-13(16(18)17(24)25)8-12(19(18,10-22)15(23)9-21)7-11-5-3-4-6-14(11)20/h3-6,12-13,16H,2,7-9,21H2,1H3,(H,24,25). The van der Waals surface area contributed by atoms with Gasteiger partial charge in [0.1, 0.15) is 11.2 Å². The first-order valence-corrected chi connectivity index (χ1v) is 8.51. The molecule has 1 aromatic carbocycles. The average molecular weight is 344 g/mol. The van der Waals surface area contributed by atoms with E-state index in [4.69, 9.17) is 5.73 Å². The van der Waals surface area contributed by atoms with Crippen LogP contribution in [0.3, 0.4) is 0 Å². The molecule has 2 aliphatic carbocycles. The number of aliphatic carboxylic acids is 1. The van der Waals surface area contributed by atoms with Gasteiger partial charge in [-0.15, -0.1) is 0 Å². The van der Waals surface area contributed by atoms with Gasteiger partial charge < -0.3 is 10.8 Å². The summed E-state index contributed by atoms with van der Waals surface area (Å²) < 4.78 is 14.1. The van der Waals surface area contributed by atoms with E-state index in [1.165, 1.54) is 6.07 Å². The van der Waals surface area contributed by atoms with Gasteiger partial charge in [-0.05, 0) is 42.7 Å². The Bertz CT molecular complexity index is 774. The fourth-order valence-electron chi connectivity index (χ4n) is 5.49. The lowest BCUT2D eigenvalue weighted by Gasteiger charge is -2.37. The Hall–Kier alpha value is -2.26. The molecule has 0 radical (unpaired) electrons. The highest BCUT2D eigenvalue weighted by Crippen LogP contribution is 2.79. The zero-order valence-corrected chi connectivity index (χ0v) is 14.0. The normalized spacial score (nSPS) is 35.7. The number of rotatable bonds is 6. The number of fused-ring (bicyclic) bond motifs is 1.